The number of rotatable bonds is 32. The summed E-state index contributed by atoms with van der Waals surface area (Å²) in [5, 5.41) is 53.2. The summed E-state index contributed by atoms with van der Waals surface area (Å²) in [5.41, 5.74) is 4.50. The smallest absolute Gasteiger partial charge is 0.550 e. The number of aliphatic hydroxyl groups excluding tert-OH is 4. The van der Waals surface area contributed by atoms with E-state index in [4.69, 9.17) is 22.8 Å². The van der Waals surface area contributed by atoms with Crippen molar-refractivity contribution in [2.45, 2.75) is 283 Å². The Hall–Kier alpha value is -3.09. The number of alkyl halides is 2. The Kier molecular flexibility index (Phi) is 36.7. The molecule has 19 heteroatoms. The van der Waals surface area contributed by atoms with Gasteiger partial charge in [-0.2, -0.15) is 0 Å². The fourth-order valence-electron chi connectivity index (χ4n) is 15.9. The molecule has 10 rings (SSSR count). The van der Waals surface area contributed by atoms with E-state index in [-0.39, 0.29) is 141 Å². The summed E-state index contributed by atoms with van der Waals surface area (Å²) in [6, 6.07) is 49.1. The van der Waals surface area contributed by atoms with Gasteiger partial charge in [-0.3, -0.25) is 4.79 Å². The van der Waals surface area contributed by atoms with Crippen molar-refractivity contribution in [3.8, 4) is 0 Å². The number of unbranched alkanes of at least 4 members (excludes halogenated alkanes) is 2. The molecule has 12 nitrogen and oxygen atoms in total. The van der Waals surface area contributed by atoms with E-state index in [0.29, 0.717) is 50.4 Å². The fourth-order valence-corrected chi connectivity index (χ4v) is 24.2. The maximum Gasteiger partial charge on any atom is 1.00 e. The number of aliphatic hydroxyl groups is 4. The molecule has 2 saturated carbocycles. The molecule has 5 aliphatic rings. The van der Waals surface area contributed by atoms with Gasteiger partial charge in [0.05, 0.1) is 37.4 Å². The Morgan fingerprint density at radius 1 is 0.560 bits per heavy atom. The van der Waals surface area contributed by atoms with Crippen LogP contribution in [0.2, 0.25) is 54.4 Å². The second kappa shape index (κ2) is 42.2. The molecule has 1 aliphatic heterocycles. The zero-order valence-electron chi connectivity index (χ0n) is 68.3. The molecule has 0 radical (unpaired) electrons. The number of benzene rings is 5. The van der Waals surface area contributed by atoms with Crippen molar-refractivity contribution in [1.82, 2.24) is 0 Å². The monoisotopic (exact) mass is 1600 g/mol. The molecule has 0 aromatic heterocycles. The molecule has 1 saturated heterocycles. The number of aliphatic carboxylic acids is 1. The van der Waals surface area contributed by atoms with Crippen molar-refractivity contribution >= 4 is 65.5 Å². The van der Waals surface area contributed by atoms with Gasteiger partial charge >= 0.3 is 57.4 Å². The third-order valence-electron chi connectivity index (χ3n) is 25.6. The molecule has 4 unspecified atom stereocenters. The van der Waals surface area contributed by atoms with Gasteiger partial charge in [-0.25, -0.2) is 8.78 Å². The minimum atomic E-state index is -2.14. The van der Waals surface area contributed by atoms with Crippen molar-refractivity contribution in [2.75, 3.05) is 26.4 Å². The van der Waals surface area contributed by atoms with Crippen LogP contribution in [0.5, 0.6) is 0 Å². The van der Waals surface area contributed by atoms with Gasteiger partial charge in [0, 0.05) is 43.9 Å². The maximum atomic E-state index is 16.3. The Bertz CT molecular complexity index is 3490. The van der Waals surface area contributed by atoms with Crippen LogP contribution in [0.1, 0.15) is 182 Å². The van der Waals surface area contributed by atoms with Crippen LogP contribution in [0, 0.1) is 40.9 Å². The molecule has 109 heavy (non-hydrogen) atoms. The maximum absolute atomic E-state index is 16.3. The Morgan fingerprint density at radius 3 is 1.38 bits per heavy atom. The van der Waals surface area contributed by atoms with Crippen LogP contribution < -0.4 is 72.4 Å². The van der Waals surface area contributed by atoms with Gasteiger partial charge in [0.2, 0.25) is 0 Å². The first-order valence-corrected chi connectivity index (χ1v) is 50.6. The molecule has 3 fully saturated rings. The molecule has 11 atom stereocenters. The molecule has 600 valence electrons. The second-order valence-corrected chi connectivity index (χ2v) is 53.8. The average Bonchev–Trinajstić information content (AvgIpc) is 1.71. The molecule has 1 heterocycles. The zero-order chi connectivity index (χ0) is 78.2. The van der Waals surface area contributed by atoms with Crippen LogP contribution in [-0.4, -0.2) is 133 Å². The Labute approximate surface area is 701 Å². The third-order valence-corrected chi connectivity index (χ3v) is 43.3. The molecule has 5 aromatic carbocycles. The number of carbonyl (C=O) groups is 2. The number of esters is 1. The number of hydrogen-bond donors (Lipinski definition) is 4. The first kappa shape index (κ1) is 94.8. The summed E-state index contributed by atoms with van der Waals surface area (Å²) in [4.78, 5) is 23.1. The van der Waals surface area contributed by atoms with Gasteiger partial charge in [-0.15, -0.1) is 0 Å². The molecule has 4 N–H and O–H groups in total. The number of carboxylic acids is 1. The summed E-state index contributed by atoms with van der Waals surface area (Å²) in [7, 11) is -6.13. The number of allylic oxidation sites excluding steroid dienone is 2. The van der Waals surface area contributed by atoms with Crippen LogP contribution >= 0.6 is 6.89 Å². The standard InChI is InChI=1S/C41H71FO7Si2.C25H39FO3Si.C23H23O2P.CH4.K/c1-39(2,3)50(7,8)48-36(32-23-30-17-15-16-18-31(30)24-32)22-21-33-34(37(25-35(33)42)49-51(9,10)40(4,5)6)19-13-11-12-14-20-38(46)47-29-41(26-43,27-44)28-45;1-25(2,3)30(4,5)29-22(18-12-16-8-6-7-9-17(16)13-18)11-10-19-20-14-24(27)28-23(20)15-21(19)26;24-23(25)18-10-11-19-26(20-12-4-1-5-13-20,21-14-6-2-7-15-21)22-16-8-3-9-17-22;;/h11,13,15-18,32-37,43-45H,12,14,19-29H2,1-10H3;6-9,18-24,27H,10-15H2,1-5H3;1-9,12-17,19H,10-11,18H2,(H,24,25);1H4;/q;;;;+1/p-1/b13-11-;;;;/t33-,34-,35+,36-,37+;19-,20?,21+,22?,23?,24?;;;/m11.../s1. The molecule has 5 aromatic rings. The van der Waals surface area contributed by atoms with E-state index < -0.39 is 87.6 Å². The van der Waals surface area contributed by atoms with Crippen molar-refractivity contribution < 1.29 is 118 Å². The third kappa shape index (κ3) is 25.5. The average molecular weight is 1600 g/mol. The van der Waals surface area contributed by atoms with E-state index in [1.54, 1.807) is 0 Å². The molecular weight excluding hydrogens is 1470 g/mol. The number of halogens is 2. The van der Waals surface area contributed by atoms with Crippen molar-refractivity contribution in [1.29, 1.82) is 0 Å². The first-order chi connectivity index (χ1) is 50.5. The number of hydrogen-bond acceptors (Lipinski definition) is 12. The first-order valence-electron chi connectivity index (χ1n) is 40.0. The Balaban J connectivity index is 0.000000272. The van der Waals surface area contributed by atoms with E-state index in [0.717, 1.165) is 64.2 Å². The molecule has 0 amide bonds. The van der Waals surface area contributed by atoms with Gasteiger partial charge in [-0.05, 0) is 225 Å². The SMILES string of the molecule is C.CC(C)(C)[Si](C)(C)OC(CC[C@@H]1C2CC(O)OC2C[C@@H]1F)C1Cc2ccccc2C1.CC(C)(C)[Si](C)(C)O[C@H]1C[C@H](F)[C@H](CC[C@@H](O[Si](C)(C)C(C)(C)C)C2Cc3ccccc3C2)[C@H]1C/C=C\CCCC(=O)OCC(CO)(CO)CO.O=C([O-])CCCC=P(c1ccccc1)(c1ccccc1)c1ccccc1.[K+]. The normalized spacial score (nSPS) is 22.4. The number of carbonyl (C=O) groups excluding carboxylic acids is 2. The molecule has 0 spiro atoms. The fraction of sp³-hybridized carbons (Fsp3) is 0.611. The van der Waals surface area contributed by atoms with E-state index in [2.05, 4.69) is 241 Å². The predicted octanol–water partition coefficient (Wildman–Crippen LogP) is 14.6. The molecule has 4 aliphatic carbocycles. The Morgan fingerprint density at radius 2 is 0.963 bits per heavy atom. The minimum absolute atomic E-state index is 0. The summed E-state index contributed by atoms with van der Waals surface area (Å²) in [5.74, 6) is 1.90. The zero-order valence-corrected chi connectivity index (χ0v) is 75.3. The van der Waals surface area contributed by atoms with E-state index in [9.17, 15) is 39.5 Å². The van der Waals surface area contributed by atoms with E-state index in [1.807, 2.05) is 18.2 Å². The second-order valence-electron chi connectivity index (χ2n) is 36.2. The molecule has 0 bridgehead atoms. The van der Waals surface area contributed by atoms with Crippen LogP contribution in [0.25, 0.3) is 0 Å². The van der Waals surface area contributed by atoms with Crippen LogP contribution in [0.15, 0.2) is 152 Å². The largest absolute Gasteiger partial charge is 1.00 e. The topological polar surface area (TPSA) is 184 Å². The summed E-state index contributed by atoms with van der Waals surface area (Å²) in [6.07, 6.45) is 14.3. The van der Waals surface area contributed by atoms with Crippen molar-refractivity contribution in [2.24, 2.45) is 40.9 Å². The summed E-state index contributed by atoms with van der Waals surface area (Å²) < 4.78 is 63.0. The van der Waals surface area contributed by atoms with Crippen LogP contribution in [-0.2, 0) is 58.0 Å². The summed E-state index contributed by atoms with van der Waals surface area (Å²) in [6.45, 7) is 30.7. The van der Waals surface area contributed by atoms with Crippen molar-refractivity contribution in [3.05, 3.63) is 174 Å². The van der Waals surface area contributed by atoms with Crippen LogP contribution in [0.3, 0.4) is 0 Å². The quantitative estimate of drug-likeness (QED) is 0.0105. The van der Waals surface area contributed by atoms with Crippen LogP contribution in [0.4, 0.5) is 8.78 Å². The van der Waals surface area contributed by atoms with Gasteiger partial charge in [-0.1, -0.05) is 227 Å². The van der Waals surface area contributed by atoms with Gasteiger partial charge in [0.15, 0.2) is 31.2 Å². The number of ether oxygens (including phenoxy) is 2. The van der Waals surface area contributed by atoms with E-state index >= 15 is 4.39 Å². The van der Waals surface area contributed by atoms with Gasteiger partial charge in [0.1, 0.15) is 19.0 Å². The summed E-state index contributed by atoms with van der Waals surface area (Å²) >= 11 is 0. The van der Waals surface area contributed by atoms with Gasteiger partial charge < -0.3 is 53.1 Å². The predicted molar refractivity (Wildman–Crippen MR) is 447 cm³/mol. The van der Waals surface area contributed by atoms with Crippen molar-refractivity contribution in [3.63, 3.8) is 0 Å². The van der Waals surface area contributed by atoms with Gasteiger partial charge in [0.25, 0.3) is 0 Å². The minimum Gasteiger partial charge on any atom is -0.550 e. The number of carboxylic acid groups (broad SMARTS) is 1. The number of fused-ring (bicyclic) bond motifs is 3. The molecular formula is C90H136F2KO12PSi3. The van der Waals surface area contributed by atoms with E-state index in [1.165, 1.54) is 38.2 Å².